The Balaban J connectivity index is 1.86. The van der Waals surface area contributed by atoms with E-state index in [1.807, 2.05) is 7.05 Å². The molecule has 0 aliphatic carbocycles. The number of benzene rings is 1. The number of ether oxygens (including phenoxy) is 1. The van der Waals surface area contributed by atoms with Crippen LogP contribution in [0, 0.1) is 11.6 Å². The molecule has 20 heavy (non-hydrogen) atoms. The normalized spacial score (nSPS) is 21.1. The minimum Gasteiger partial charge on any atom is -0.377 e. The van der Waals surface area contributed by atoms with E-state index in [2.05, 4.69) is 4.90 Å². The fourth-order valence-electron chi connectivity index (χ4n) is 2.56. The van der Waals surface area contributed by atoms with Gasteiger partial charge in [0.1, 0.15) is 0 Å². The Kier molecular flexibility index (Phi) is 5.46. The minimum atomic E-state index is -0.851. The molecule has 112 valence electrons. The average molecular weight is 284 g/mol. The highest BCUT2D eigenvalue weighted by Crippen LogP contribution is 2.17. The first-order valence-corrected chi connectivity index (χ1v) is 7.07. The van der Waals surface area contributed by atoms with Crippen LogP contribution in [0.15, 0.2) is 18.2 Å². The molecular formula is C15H22F2N2O. The number of nitrogens with two attached hydrogens (primary N) is 1. The third-order valence-electron chi connectivity index (χ3n) is 3.67. The second kappa shape index (κ2) is 7.11. The highest BCUT2D eigenvalue weighted by Gasteiger charge is 2.18. The number of likely N-dealkylation sites (N-methyl/N-ethyl adjacent to an activating group) is 1. The van der Waals surface area contributed by atoms with Gasteiger partial charge in [-0.1, -0.05) is 6.07 Å². The van der Waals surface area contributed by atoms with Gasteiger partial charge in [-0.3, -0.25) is 0 Å². The molecule has 0 spiro atoms. The molecule has 2 N–H and O–H groups in total. The zero-order valence-electron chi connectivity index (χ0n) is 11.8. The van der Waals surface area contributed by atoms with Crippen molar-refractivity contribution < 1.29 is 13.5 Å². The van der Waals surface area contributed by atoms with Crippen molar-refractivity contribution in [3.05, 3.63) is 35.4 Å². The summed E-state index contributed by atoms with van der Waals surface area (Å²) in [6.45, 7) is 2.23. The molecule has 1 heterocycles. The van der Waals surface area contributed by atoms with Gasteiger partial charge in [-0.25, -0.2) is 8.78 Å². The Bertz CT molecular complexity index is 436. The first-order chi connectivity index (χ1) is 9.56. The first kappa shape index (κ1) is 15.4. The van der Waals surface area contributed by atoms with Crippen LogP contribution in [-0.2, 0) is 4.74 Å². The summed E-state index contributed by atoms with van der Waals surface area (Å²) >= 11 is 0. The summed E-state index contributed by atoms with van der Waals surface area (Å²) in [6.07, 6.45) is 3.67. The van der Waals surface area contributed by atoms with Crippen molar-refractivity contribution >= 4 is 0 Å². The lowest BCUT2D eigenvalue weighted by molar-refractivity contribution is -0.00214. The number of halogens is 2. The van der Waals surface area contributed by atoms with Gasteiger partial charge in [-0.15, -0.1) is 0 Å². The number of rotatable bonds is 5. The molecule has 1 aromatic rings. The Morgan fingerprint density at radius 3 is 2.80 bits per heavy atom. The molecule has 5 heteroatoms. The van der Waals surface area contributed by atoms with Crippen molar-refractivity contribution in [2.75, 3.05) is 26.7 Å². The predicted molar refractivity (Wildman–Crippen MR) is 74.4 cm³/mol. The zero-order chi connectivity index (χ0) is 14.5. The van der Waals surface area contributed by atoms with Crippen LogP contribution in [-0.4, -0.2) is 37.7 Å². The van der Waals surface area contributed by atoms with E-state index in [1.165, 1.54) is 18.6 Å². The standard InChI is InChI=1S/C15H22F2N2O/c1-19(9-12-4-2-3-7-20-12)10-15(18)11-5-6-13(16)14(17)8-11/h5-6,8,12,15H,2-4,7,9-10,18H2,1H3. The van der Waals surface area contributed by atoms with Crippen LogP contribution in [0.1, 0.15) is 30.9 Å². The van der Waals surface area contributed by atoms with E-state index in [0.717, 1.165) is 32.1 Å². The van der Waals surface area contributed by atoms with E-state index >= 15 is 0 Å². The maximum absolute atomic E-state index is 13.2. The summed E-state index contributed by atoms with van der Waals surface area (Å²) in [4.78, 5) is 2.09. The first-order valence-electron chi connectivity index (χ1n) is 7.07. The molecule has 3 nitrogen and oxygen atoms in total. The van der Waals surface area contributed by atoms with E-state index in [-0.39, 0.29) is 12.1 Å². The lowest BCUT2D eigenvalue weighted by Crippen LogP contribution is -2.37. The van der Waals surface area contributed by atoms with Gasteiger partial charge in [0.05, 0.1) is 6.10 Å². The lowest BCUT2D eigenvalue weighted by atomic mass is 10.1. The summed E-state index contributed by atoms with van der Waals surface area (Å²) in [6, 6.07) is 3.49. The Morgan fingerprint density at radius 2 is 2.15 bits per heavy atom. The van der Waals surface area contributed by atoms with Gasteiger partial charge in [-0.05, 0) is 44.0 Å². The van der Waals surface area contributed by atoms with E-state index in [9.17, 15) is 8.78 Å². The van der Waals surface area contributed by atoms with Crippen LogP contribution in [0.3, 0.4) is 0 Å². The second-order valence-corrected chi connectivity index (χ2v) is 5.49. The highest BCUT2D eigenvalue weighted by molar-refractivity contribution is 5.21. The topological polar surface area (TPSA) is 38.5 Å². The predicted octanol–water partition coefficient (Wildman–Crippen LogP) is 2.47. The van der Waals surface area contributed by atoms with Gasteiger partial charge in [0, 0.05) is 25.7 Å². The average Bonchev–Trinajstić information content (AvgIpc) is 2.42. The molecule has 1 saturated heterocycles. The summed E-state index contributed by atoms with van der Waals surface area (Å²) in [5.41, 5.74) is 6.66. The van der Waals surface area contributed by atoms with Crippen molar-refractivity contribution in [2.45, 2.75) is 31.4 Å². The molecule has 0 aromatic heterocycles. The van der Waals surface area contributed by atoms with E-state index in [4.69, 9.17) is 10.5 Å². The molecule has 0 radical (unpaired) electrons. The lowest BCUT2D eigenvalue weighted by Gasteiger charge is -2.29. The number of nitrogens with zero attached hydrogens (tertiary/aromatic N) is 1. The van der Waals surface area contributed by atoms with Crippen LogP contribution < -0.4 is 5.73 Å². The molecule has 1 aliphatic rings. The largest absolute Gasteiger partial charge is 0.377 e. The number of hydrogen-bond acceptors (Lipinski definition) is 3. The molecule has 1 aliphatic heterocycles. The van der Waals surface area contributed by atoms with Crippen LogP contribution in [0.4, 0.5) is 8.78 Å². The van der Waals surface area contributed by atoms with Gasteiger partial charge in [-0.2, -0.15) is 0 Å². The molecule has 1 aromatic carbocycles. The fourth-order valence-corrected chi connectivity index (χ4v) is 2.56. The van der Waals surface area contributed by atoms with Gasteiger partial charge >= 0.3 is 0 Å². The van der Waals surface area contributed by atoms with Crippen molar-refractivity contribution in [2.24, 2.45) is 5.73 Å². The smallest absolute Gasteiger partial charge is 0.159 e. The Labute approximate surface area is 118 Å². The van der Waals surface area contributed by atoms with Gasteiger partial charge < -0.3 is 15.4 Å². The molecule has 0 saturated carbocycles. The van der Waals surface area contributed by atoms with E-state index in [1.54, 1.807) is 0 Å². The van der Waals surface area contributed by atoms with Crippen LogP contribution >= 0.6 is 0 Å². The summed E-state index contributed by atoms with van der Waals surface area (Å²) < 4.78 is 31.8. The van der Waals surface area contributed by atoms with Crippen molar-refractivity contribution in [3.63, 3.8) is 0 Å². The van der Waals surface area contributed by atoms with Crippen LogP contribution in [0.5, 0.6) is 0 Å². The van der Waals surface area contributed by atoms with Crippen LogP contribution in [0.2, 0.25) is 0 Å². The van der Waals surface area contributed by atoms with Crippen LogP contribution in [0.25, 0.3) is 0 Å². The monoisotopic (exact) mass is 284 g/mol. The maximum atomic E-state index is 13.2. The SMILES string of the molecule is CN(CC1CCCCO1)CC(N)c1ccc(F)c(F)c1. The second-order valence-electron chi connectivity index (χ2n) is 5.49. The molecule has 0 bridgehead atoms. The summed E-state index contributed by atoms with van der Waals surface area (Å²) in [5.74, 6) is -1.69. The molecule has 0 amide bonds. The molecule has 2 unspecified atom stereocenters. The summed E-state index contributed by atoms with van der Waals surface area (Å²) in [5, 5.41) is 0. The Morgan fingerprint density at radius 1 is 1.35 bits per heavy atom. The fraction of sp³-hybridized carbons (Fsp3) is 0.600. The minimum absolute atomic E-state index is 0.255. The molecule has 2 atom stereocenters. The third-order valence-corrected chi connectivity index (χ3v) is 3.67. The maximum Gasteiger partial charge on any atom is 0.159 e. The van der Waals surface area contributed by atoms with Crippen molar-refractivity contribution in [1.29, 1.82) is 0 Å². The number of hydrogen-bond donors (Lipinski definition) is 1. The molecule has 2 rings (SSSR count). The van der Waals surface area contributed by atoms with Gasteiger partial charge in [0.25, 0.3) is 0 Å². The van der Waals surface area contributed by atoms with E-state index < -0.39 is 11.6 Å². The van der Waals surface area contributed by atoms with E-state index in [0.29, 0.717) is 12.1 Å². The summed E-state index contributed by atoms with van der Waals surface area (Å²) in [7, 11) is 1.97. The Hall–Kier alpha value is -1.04. The van der Waals surface area contributed by atoms with Crippen molar-refractivity contribution in [3.8, 4) is 0 Å². The molecule has 1 fully saturated rings. The van der Waals surface area contributed by atoms with Crippen molar-refractivity contribution in [1.82, 2.24) is 4.90 Å². The quantitative estimate of drug-likeness (QED) is 0.902. The highest BCUT2D eigenvalue weighted by atomic mass is 19.2. The third kappa shape index (κ3) is 4.23. The molecular weight excluding hydrogens is 262 g/mol. The van der Waals surface area contributed by atoms with Gasteiger partial charge in [0.15, 0.2) is 11.6 Å². The zero-order valence-corrected chi connectivity index (χ0v) is 11.8. The van der Waals surface area contributed by atoms with Gasteiger partial charge in [0.2, 0.25) is 0 Å².